The highest BCUT2D eigenvalue weighted by Gasteiger charge is 2.57. The molecule has 23 heavy (non-hydrogen) atoms. The van der Waals surface area contributed by atoms with Crippen LogP contribution in [-0.4, -0.2) is 11.6 Å². The molecule has 3 rings (SSSR count). The number of hydrogen-bond acceptors (Lipinski definition) is 4. The molecule has 0 amide bonds. The monoisotopic (exact) mass is 308 g/mol. The topological polar surface area (TPSA) is 81.7 Å². The SMILES string of the molecule is CC1(C)C(=O)C(C#N)CC2(C)C1=CC=C1CC(C#N)C(=O)CC12. The molecule has 0 heterocycles. The summed E-state index contributed by atoms with van der Waals surface area (Å²) in [6.07, 6.45) is 5.28. The number of nitriles is 2. The normalized spacial score (nSPS) is 38.4. The number of allylic oxidation sites excluding steroid dienone is 4. The third-order valence-corrected chi connectivity index (χ3v) is 6.08. The van der Waals surface area contributed by atoms with Gasteiger partial charge in [-0.2, -0.15) is 10.5 Å². The Morgan fingerprint density at radius 1 is 1.04 bits per heavy atom. The van der Waals surface area contributed by atoms with Crippen molar-refractivity contribution < 1.29 is 9.59 Å². The van der Waals surface area contributed by atoms with Gasteiger partial charge in [0, 0.05) is 11.8 Å². The zero-order chi connectivity index (χ0) is 17.0. The lowest BCUT2D eigenvalue weighted by Crippen LogP contribution is -2.51. The number of Topliss-reactive ketones (excluding diaryl/α,β-unsaturated/α-hetero) is 2. The van der Waals surface area contributed by atoms with Gasteiger partial charge in [-0.25, -0.2) is 0 Å². The maximum absolute atomic E-state index is 12.6. The number of fused-ring (bicyclic) bond motifs is 3. The Hall–Kier alpha value is -2.20. The molecule has 2 saturated carbocycles. The van der Waals surface area contributed by atoms with E-state index in [2.05, 4.69) is 19.1 Å². The molecule has 4 unspecified atom stereocenters. The molecule has 118 valence electrons. The van der Waals surface area contributed by atoms with Crippen molar-refractivity contribution in [1.29, 1.82) is 10.5 Å². The fraction of sp³-hybridized carbons (Fsp3) is 0.579. The zero-order valence-corrected chi connectivity index (χ0v) is 13.7. The van der Waals surface area contributed by atoms with Gasteiger partial charge in [0.15, 0.2) is 11.6 Å². The van der Waals surface area contributed by atoms with Gasteiger partial charge in [-0.15, -0.1) is 0 Å². The molecular formula is C19H20N2O2. The second-order valence-corrected chi connectivity index (χ2v) is 7.72. The summed E-state index contributed by atoms with van der Waals surface area (Å²) >= 11 is 0. The molecular weight excluding hydrogens is 288 g/mol. The first-order valence-corrected chi connectivity index (χ1v) is 8.03. The Morgan fingerprint density at radius 3 is 2.30 bits per heavy atom. The minimum atomic E-state index is -0.690. The summed E-state index contributed by atoms with van der Waals surface area (Å²) in [6.45, 7) is 5.84. The molecule has 2 fully saturated rings. The molecule has 0 radical (unpaired) electrons. The van der Waals surface area contributed by atoms with Gasteiger partial charge in [-0.1, -0.05) is 30.2 Å². The molecule has 0 aromatic carbocycles. The molecule has 3 aliphatic carbocycles. The van der Waals surface area contributed by atoms with Crippen molar-refractivity contribution in [1.82, 2.24) is 0 Å². The Kier molecular flexibility index (Phi) is 3.34. The van der Waals surface area contributed by atoms with E-state index < -0.39 is 17.3 Å². The Balaban J connectivity index is 2.11. The van der Waals surface area contributed by atoms with E-state index in [1.807, 2.05) is 26.0 Å². The summed E-state index contributed by atoms with van der Waals surface area (Å²) < 4.78 is 0. The van der Waals surface area contributed by atoms with E-state index in [4.69, 9.17) is 5.26 Å². The third-order valence-electron chi connectivity index (χ3n) is 6.08. The average molecular weight is 308 g/mol. The lowest BCUT2D eigenvalue weighted by atomic mass is 9.48. The third kappa shape index (κ3) is 2.01. The van der Waals surface area contributed by atoms with E-state index in [9.17, 15) is 14.9 Å². The van der Waals surface area contributed by atoms with Crippen LogP contribution in [0.3, 0.4) is 0 Å². The Labute approximate surface area is 136 Å². The number of rotatable bonds is 0. The van der Waals surface area contributed by atoms with Crippen molar-refractivity contribution in [3.8, 4) is 12.1 Å². The first-order chi connectivity index (χ1) is 10.8. The van der Waals surface area contributed by atoms with E-state index in [1.54, 1.807) is 0 Å². The van der Waals surface area contributed by atoms with Crippen molar-refractivity contribution in [3.63, 3.8) is 0 Å². The predicted molar refractivity (Wildman–Crippen MR) is 83.6 cm³/mol. The highest BCUT2D eigenvalue weighted by atomic mass is 16.1. The number of hydrogen-bond donors (Lipinski definition) is 0. The fourth-order valence-electron chi connectivity index (χ4n) is 4.83. The van der Waals surface area contributed by atoms with Gasteiger partial charge < -0.3 is 0 Å². The second-order valence-electron chi connectivity index (χ2n) is 7.72. The number of nitrogens with zero attached hydrogens (tertiary/aromatic N) is 2. The summed E-state index contributed by atoms with van der Waals surface area (Å²) in [5.41, 5.74) is 1.09. The van der Waals surface area contributed by atoms with Crippen LogP contribution in [0.15, 0.2) is 23.3 Å². The summed E-state index contributed by atoms with van der Waals surface area (Å²) in [5, 5.41) is 18.6. The van der Waals surface area contributed by atoms with E-state index >= 15 is 0 Å². The molecule has 0 aromatic heterocycles. The first kappa shape index (κ1) is 15.7. The fourth-order valence-corrected chi connectivity index (χ4v) is 4.83. The van der Waals surface area contributed by atoms with Gasteiger partial charge in [-0.05, 0) is 38.0 Å². The highest BCUT2D eigenvalue weighted by molar-refractivity contribution is 5.93. The summed E-state index contributed by atoms with van der Waals surface area (Å²) in [4.78, 5) is 24.9. The lowest BCUT2D eigenvalue weighted by Gasteiger charge is -2.53. The first-order valence-electron chi connectivity index (χ1n) is 8.03. The number of carbonyl (C=O) groups is 2. The van der Waals surface area contributed by atoms with Crippen molar-refractivity contribution >= 4 is 11.6 Å². The molecule has 3 aliphatic rings. The minimum absolute atomic E-state index is 0.00262. The highest BCUT2D eigenvalue weighted by Crippen LogP contribution is 2.60. The van der Waals surface area contributed by atoms with Gasteiger partial charge in [0.05, 0.1) is 12.1 Å². The second kappa shape index (κ2) is 4.90. The van der Waals surface area contributed by atoms with Gasteiger partial charge >= 0.3 is 0 Å². The number of ketones is 2. The number of carbonyl (C=O) groups excluding carboxylic acids is 2. The average Bonchev–Trinajstić information content (AvgIpc) is 2.51. The van der Waals surface area contributed by atoms with E-state index in [0.29, 0.717) is 19.3 Å². The molecule has 0 spiro atoms. The molecule has 0 bridgehead atoms. The van der Waals surface area contributed by atoms with Crippen LogP contribution in [0.4, 0.5) is 0 Å². The van der Waals surface area contributed by atoms with Crippen LogP contribution in [0.5, 0.6) is 0 Å². The largest absolute Gasteiger partial charge is 0.298 e. The van der Waals surface area contributed by atoms with E-state index in [1.165, 1.54) is 0 Å². The van der Waals surface area contributed by atoms with Gasteiger partial charge in [0.1, 0.15) is 11.8 Å². The van der Waals surface area contributed by atoms with E-state index in [-0.39, 0.29) is 22.9 Å². The summed E-state index contributed by atoms with van der Waals surface area (Å²) in [6, 6.07) is 4.26. The maximum atomic E-state index is 12.6. The van der Waals surface area contributed by atoms with Crippen molar-refractivity contribution in [2.45, 2.75) is 40.0 Å². The van der Waals surface area contributed by atoms with Crippen LogP contribution in [0.1, 0.15) is 40.0 Å². The Bertz CT molecular complexity index is 744. The molecule has 4 nitrogen and oxygen atoms in total. The van der Waals surface area contributed by atoms with Gasteiger partial charge in [0.2, 0.25) is 0 Å². The molecule has 4 atom stereocenters. The quantitative estimate of drug-likeness (QED) is 0.688. The van der Waals surface area contributed by atoms with Crippen LogP contribution in [-0.2, 0) is 9.59 Å². The minimum Gasteiger partial charge on any atom is -0.298 e. The van der Waals surface area contributed by atoms with Crippen molar-refractivity contribution in [2.24, 2.45) is 28.6 Å². The van der Waals surface area contributed by atoms with E-state index in [0.717, 1.165) is 11.1 Å². The van der Waals surface area contributed by atoms with Crippen LogP contribution < -0.4 is 0 Å². The zero-order valence-electron chi connectivity index (χ0n) is 13.7. The summed E-state index contributed by atoms with van der Waals surface area (Å²) in [7, 11) is 0. The maximum Gasteiger partial charge on any atom is 0.159 e. The molecule has 0 aromatic rings. The molecule has 0 aliphatic heterocycles. The molecule has 0 saturated heterocycles. The van der Waals surface area contributed by atoms with Gasteiger partial charge in [-0.3, -0.25) is 9.59 Å². The Morgan fingerprint density at radius 2 is 1.70 bits per heavy atom. The van der Waals surface area contributed by atoms with Crippen molar-refractivity contribution in [2.75, 3.05) is 0 Å². The van der Waals surface area contributed by atoms with Crippen molar-refractivity contribution in [3.05, 3.63) is 23.3 Å². The van der Waals surface area contributed by atoms with Crippen LogP contribution in [0, 0.1) is 51.2 Å². The van der Waals surface area contributed by atoms with Crippen LogP contribution in [0.25, 0.3) is 0 Å². The summed E-state index contributed by atoms with van der Waals surface area (Å²) in [5.74, 6) is -1.22. The molecule has 4 heteroatoms. The van der Waals surface area contributed by atoms with Crippen LogP contribution >= 0.6 is 0 Å². The lowest BCUT2D eigenvalue weighted by molar-refractivity contribution is -0.133. The smallest absolute Gasteiger partial charge is 0.159 e. The van der Waals surface area contributed by atoms with Gasteiger partial charge in [0.25, 0.3) is 0 Å². The van der Waals surface area contributed by atoms with Crippen LogP contribution in [0.2, 0.25) is 0 Å². The standard InChI is InChI=1S/C19H20N2O2/c1-18(2)16-5-4-11-6-12(9-20)15(22)7-14(11)19(16,3)8-13(10-21)17(18)23/h4-5,12-14H,6-8H2,1-3H3. The predicted octanol–water partition coefficient (Wildman–Crippen LogP) is 3.12. The molecule has 0 N–H and O–H groups in total.